The molecule has 118 valence electrons. The van der Waals surface area contributed by atoms with Gasteiger partial charge in [-0.2, -0.15) is 0 Å². The largest absolute Gasteiger partial charge is 0.380 e. The van der Waals surface area contributed by atoms with E-state index < -0.39 is 0 Å². The summed E-state index contributed by atoms with van der Waals surface area (Å²) < 4.78 is 5.57. The van der Waals surface area contributed by atoms with Crippen molar-refractivity contribution in [2.75, 3.05) is 37.7 Å². The van der Waals surface area contributed by atoms with Gasteiger partial charge in [-0.1, -0.05) is 13.8 Å². The number of hydrogen-bond acceptors (Lipinski definition) is 4. The second-order valence-corrected chi connectivity index (χ2v) is 6.36. The van der Waals surface area contributed by atoms with E-state index in [-0.39, 0.29) is 0 Å². The van der Waals surface area contributed by atoms with Gasteiger partial charge in [0.1, 0.15) is 5.82 Å². The molecule has 2 heterocycles. The molecular formula is C17H29N3O. The van der Waals surface area contributed by atoms with E-state index in [1.807, 2.05) is 0 Å². The number of aryl methyl sites for hydroxylation is 2. The molecule has 0 aliphatic carbocycles. The van der Waals surface area contributed by atoms with Gasteiger partial charge in [0, 0.05) is 37.5 Å². The Morgan fingerprint density at radius 3 is 2.86 bits per heavy atom. The van der Waals surface area contributed by atoms with Crippen molar-refractivity contribution >= 4 is 5.82 Å². The fourth-order valence-electron chi connectivity index (χ4n) is 2.77. The van der Waals surface area contributed by atoms with Gasteiger partial charge in [-0.15, -0.1) is 0 Å². The fourth-order valence-corrected chi connectivity index (χ4v) is 2.77. The number of nitrogens with zero attached hydrogens (tertiary/aromatic N) is 2. The molecule has 0 radical (unpaired) electrons. The van der Waals surface area contributed by atoms with Crippen molar-refractivity contribution in [2.24, 2.45) is 5.92 Å². The Labute approximate surface area is 128 Å². The SMILES string of the molecule is Cc1cc(C)c(CNCC(C)C)c(N2CCCOCC2)n1. The Hall–Kier alpha value is -1.13. The molecule has 1 aliphatic heterocycles. The lowest BCUT2D eigenvalue weighted by molar-refractivity contribution is 0.152. The first kappa shape index (κ1) is 16.2. The Balaban J connectivity index is 2.20. The number of hydrogen-bond donors (Lipinski definition) is 1. The molecule has 1 aromatic rings. The molecule has 4 nitrogen and oxygen atoms in total. The topological polar surface area (TPSA) is 37.4 Å². The highest BCUT2D eigenvalue weighted by Gasteiger charge is 2.17. The third kappa shape index (κ3) is 4.68. The van der Waals surface area contributed by atoms with Gasteiger partial charge in [-0.25, -0.2) is 4.98 Å². The molecule has 1 fully saturated rings. The zero-order chi connectivity index (χ0) is 15.2. The molecule has 1 N–H and O–H groups in total. The van der Waals surface area contributed by atoms with Gasteiger partial charge in [0.15, 0.2) is 0 Å². The Morgan fingerprint density at radius 1 is 1.29 bits per heavy atom. The summed E-state index contributed by atoms with van der Waals surface area (Å²) in [6.45, 7) is 14.3. The predicted octanol–water partition coefficient (Wildman–Crippen LogP) is 2.67. The number of anilines is 1. The zero-order valence-corrected chi connectivity index (χ0v) is 13.9. The second-order valence-electron chi connectivity index (χ2n) is 6.36. The van der Waals surface area contributed by atoms with Crippen LogP contribution in [0.15, 0.2) is 6.07 Å². The minimum absolute atomic E-state index is 0.666. The molecule has 0 bridgehead atoms. The van der Waals surface area contributed by atoms with E-state index in [4.69, 9.17) is 9.72 Å². The average molecular weight is 291 g/mol. The number of ether oxygens (including phenoxy) is 1. The highest BCUT2D eigenvalue weighted by Crippen LogP contribution is 2.23. The molecule has 21 heavy (non-hydrogen) atoms. The van der Waals surface area contributed by atoms with Crippen LogP contribution in [0.2, 0.25) is 0 Å². The molecule has 0 atom stereocenters. The van der Waals surface area contributed by atoms with Gasteiger partial charge >= 0.3 is 0 Å². The molecule has 1 aliphatic rings. The summed E-state index contributed by atoms with van der Waals surface area (Å²) in [6, 6.07) is 2.18. The van der Waals surface area contributed by atoms with Crippen molar-refractivity contribution in [3.63, 3.8) is 0 Å². The number of pyridine rings is 1. The molecule has 1 aromatic heterocycles. The van der Waals surface area contributed by atoms with Crippen LogP contribution >= 0.6 is 0 Å². The summed E-state index contributed by atoms with van der Waals surface area (Å²) in [6.07, 6.45) is 1.08. The first-order valence-corrected chi connectivity index (χ1v) is 8.08. The summed E-state index contributed by atoms with van der Waals surface area (Å²) >= 11 is 0. The third-order valence-corrected chi connectivity index (χ3v) is 3.83. The quantitative estimate of drug-likeness (QED) is 0.905. The van der Waals surface area contributed by atoms with Crippen LogP contribution in [-0.4, -0.2) is 37.8 Å². The van der Waals surface area contributed by atoms with E-state index in [9.17, 15) is 0 Å². The van der Waals surface area contributed by atoms with Crippen LogP contribution in [-0.2, 0) is 11.3 Å². The van der Waals surface area contributed by atoms with Gasteiger partial charge in [0.2, 0.25) is 0 Å². The van der Waals surface area contributed by atoms with Crippen molar-refractivity contribution in [2.45, 2.75) is 40.7 Å². The molecule has 2 rings (SSSR count). The molecule has 1 saturated heterocycles. The predicted molar refractivity (Wildman–Crippen MR) is 87.9 cm³/mol. The smallest absolute Gasteiger partial charge is 0.133 e. The van der Waals surface area contributed by atoms with E-state index >= 15 is 0 Å². The van der Waals surface area contributed by atoms with Crippen LogP contribution < -0.4 is 10.2 Å². The van der Waals surface area contributed by atoms with Crippen LogP contribution in [0.1, 0.15) is 37.1 Å². The third-order valence-electron chi connectivity index (χ3n) is 3.83. The lowest BCUT2D eigenvalue weighted by atomic mass is 10.1. The van der Waals surface area contributed by atoms with Crippen molar-refractivity contribution in [1.29, 1.82) is 0 Å². The monoisotopic (exact) mass is 291 g/mol. The minimum atomic E-state index is 0.666. The lowest BCUT2D eigenvalue weighted by Gasteiger charge is -2.25. The summed E-state index contributed by atoms with van der Waals surface area (Å²) in [4.78, 5) is 7.22. The van der Waals surface area contributed by atoms with E-state index in [2.05, 4.69) is 44.0 Å². The fraction of sp³-hybridized carbons (Fsp3) is 0.706. The average Bonchev–Trinajstić information content (AvgIpc) is 2.69. The Kier molecular flexibility index (Phi) is 6.00. The Morgan fingerprint density at radius 2 is 2.10 bits per heavy atom. The van der Waals surface area contributed by atoms with Crippen molar-refractivity contribution < 1.29 is 4.74 Å². The molecule has 0 unspecified atom stereocenters. The molecule has 0 saturated carbocycles. The number of nitrogens with one attached hydrogen (secondary N) is 1. The molecule has 0 amide bonds. The van der Waals surface area contributed by atoms with Crippen LogP contribution in [0.4, 0.5) is 5.82 Å². The van der Waals surface area contributed by atoms with Crippen LogP contribution in [0.25, 0.3) is 0 Å². The summed E-state index contributed by atoms with van der Waals surface area (Å²) in [5.74, 6) is 1.81. The number of aromatic nitrogens is 1. The maximum atomic E-state index is 5.57. The molecular weight excluding hydrogens is 262 g/mol. The van der Waals surface area contributed by atoms with Crippen LogP contribution in [0.5, 0.6) is 0 Å². The van der Waals surface area contributed by atoms with Crippen molar-refractivity contribution in [3.8, 4) is 0 Å². The second kappa shape index (κ2) is 7.76. The van der Waals surface area contributed by atoms with Gasteiger partial charge in [0.25, 0.3) is 0 Å². The van der Waals surface area contributed by atoms with E-state index in [1.165, 1.54) is 11.1 Å². The highest BCUT2D eigenvalue weighted by molar-refractivity contribution is 5.51. The van der Waals surface area contributed by atoms with Gasteiger partial charge < -0.3 is 15.0 Å². The molecule has 4 heteroatoms. The highest BCUT2D eigenvalue weighted by atomic mass is 16.5. The van der Waals surface area contributed by atoms with Crippen molar-refractivity contribution in [3.05, 3.63) is 22.9 Å². The number of rotatable bonds is 5. The van der Waals surface area contributed by atoms with Crippen LogP contribution in [0, 0.1) is 19.8 Å². The van der Waals surface area contributed by atoms with Gasteiger partial charge in [0.05, 0.1) is 6.61 Å². The minimum Gasteiger partial charge on any atom is -0.380 e. The van der Waals surface area contributed by atoms with E-state index in [1.54, 1.807) is 0 Å². The summed E-state index contributed by atoms with van der Waals surface area (Å²) in [7, 11) is 0. The van der Waals surface area contributed by atoms with E-state index in [0.29, 0.717) is 5.92 Å². The first-order chi connectivity index (χ1) is 10.1. The lowest BCUT2D eigenvalue weighted by Crippen LogP contribution is -2.30. The zero-order valence-electron chi connectivity index (χ0n) is 13.9. The molecule has 0 aromatic carbocycles. The van der Waals surface area contributed by atoms with Crippen molar-refractivity contribution in [1.82, 2.24) is 10.3 Å². The first-order valence-electron chi connectivity index (χ1n) is 8.08. The standard InChI is InChI=1S/C17H29N3O/c1-13(2)11-18-12-16-14(3)10-15(4)19-17(16)20-6-5-8-21-9-7-20/h10,13,18H,5-9,11-12H2,1-4H3. The Bertz CT molecular complexity index is 452. The van der Waals surface area contributed by atoms with Gasteiger partial charge in [-0.3, -0.25) is 0 Å². The maximum Gasteiger partial charge on any atom is 0.133 e. The summed E-state index contributed by atoms with van der Waals surface area (Å²) in [5.41, 5.74) is 3.77. The van der Waals surface area contributed by atoms with Gasteiger partial charge in [-0.05, 0) is 44.4 Å². The molecule has 0 spiro atoms. The normalized spacial score (nSPS) is 16.3. The summed E-state index contributed by atoms with van der Waals surface area (Å²) in [5, 5.41) is 3.56. The van der Waals surface area contributed by atoms with E-state index in [0.717, 1.165) is 57.3 Å². The van der Waals surface area contributed by atoms with Crippen LogP contribution in [0.3, 0.4) is 0 Å². The maximum absolute atomic E-state index is 5.57.